The summed E-state index contributed by atoms with van der Waals surface area (Å²) in [5, 5.41) is 0. The Morgan fingerprint density at radius 2 is 2.05 bits per heavy atom. The Bertz CT molecular complexity index is 405. The molecule has 1 fully saturated rings. The molecule has 1 aliphatic heterocycles. The Balaban J connectivity index is 2.17. The molecule has 1 aliphatic rings. The van der Waals surface area contributed by atoms with E-state index in [0.29, 0.717) is 6.54 Å². The summed E-state index contributed by atoms with van der Waals surface area (Å²) in [5.41, 5.74) is 6.73. The van der Waals surface area contributed by atoms with Gasteiger partial charge in [0.05, 0.1) is 12.2 Å². The maximum absolute atomic E-state index is 13.0. The molecule has 0 aromatic heterocycles. The maximum atomic E-state index is 13.0. The first-order chi connectivity index (χ1) is 9.02. The molecule has 19 heavy (non-hydrogen) atoms. The normalized spacial score (nSPS) is 21.3. The third-order valence-electron chi connectivity index (χ3n) is 3.59. The Morgan fingerprint density at radius 3 is 2.63 bits per heavy atom. The Hall–Kier alpha value is -0.970. The van der Waals surface area contributed by atoms with Crippen LogP contribution in [0.1, 0.15) is 31.9 Å². The summed E-state index contributed by atoms with van der Waals surface area (Å²) in [6, 6.07) is 7.00. The summed E-state index contributed by atoms with van der Waals surface area (Å²) in [7, 11) is 0. The van der Waals surface area contributed by atoms with Gasteiger partial charge < -0.3 is 10.5 Å². The molecule has 4 heteroatoms. The number of ether oxygens (including phenoxy) is 1. The molecular weight excluding hydrogens is 243 g/mol. The average Bonchev–Trinajstić information content (AvgIpc) is 2.36. The van der Waals surface area contributed by atoms with E-state index >= 15 is 0 Å². The van der Waals surface area contributed by atoms with Gasteiger partial charge in [-0.2, -0.15) is 0 Å². The maximum Gasteiger partial charge on any atom is 0.123 e. The number of hydrogen-bond donors (Lipinski definition) is 1. The number of halogens is 1. The number of rotatable bonds is 4. The number of hydrogen-bond acceptors (Lipinski definition) is 3. The van der Waals surface area contributed by atoms with Crippen LogP contribution in [-0.2, 0) is 4.74 Å². The molecule has 1 heterocycles. The first-order valence-corrected chi connectivity index (χ1v) is 6.85. The van der Waals surface area contributed by atoms with E-state index in [1.54, 1.807) is 0 Å². The fourth-order valence-electron chi connectivity index (χ4n) is 2.72. The zero-order valence-corrected chi connectivity index (χ0v) is 11.7. The highest BCUT2D eigenvalue weighted by molar-refractivity contribution is 5.20. The standard InChI is InChI=1S/C15H23FN2O/c1-15(2)11-18(9-10-19-15)14(7-8-17)12-3-5-13(16)6-4-12/h3-6,14H,7-11,17H2,1-2H3. The molecule has 1 unspecified atom stereocenters. The summed E-state index contributed by atoms with van der Waals surface area (Å²) < 4.78 is 18.8. The zero-order valence-electron chi connectivity index (χ0n) is 11.7. The van der Waals surface area contributed by atoms with Crippen molar-refractivity contribution in [1.29, 1.82) is 0 Å². The van der Waals surface area contributed by atoms with Crippen molar-refractivity contribution in [3.8, 4) is 0 Å². The molecule has 0 amide bonds. The second-order valence-electron chi connectivity index (χ2n) is 5.72. The second kappa shape index (κ2) is 5.99. The highest BCUT2D eigenvalue weighted by Gasteiger charge is 2.31. The van der Waals surface area contributed by atoms with Crippen LogP contribution in [0.25, 0.3) is 0 Å². The summed E-state index contributed by atoms with van der Waals surface area (Å²) in [6.07, 6.45) is 0.877. The Kier molecular flexibility index (Phi) is 4.55. The largest absolute Gasteiger partial charge is 0.373 e. The number of morpholine rings is 1. The van der Waals surface area contributed by atoms with Gasteiger partial charge in [-0.25, -0.2) is 4.39 Å². The quantitative estimate of drug-likeness (QED) is 0.909. The minimum absolute atomic E-state index is 0.134. The molecule has 1 aromatic rings. The van der Waals surface area contributed by atoms with Crippen LogP contribution >= 0.6 is 0 Å². The Morgan fingerprint density at radius 1 is 1.37 bits per heavy atom. The SMILES string of the molecule is CC1(C)CN(C(CCN)c2ccc(F)cc2)CCO1. The van der Waals surface area contributed by atoms with Crippen molar-refractivity contribution in [2.45, 2.75) is 31.9 Å². The van der Waals surface area contributed by atoms with Crippen molar-refractivity contribution in [3.63, 3.8) is 0 Å². The lowest BCUT2D eigenvalue weighted by Gasteiger charge is -2.42. The van der Waals surface area contributed by atoms with E-state index in [-0.39, 0.29) is 17.5 Å². The molecule has 0 radical (unpaired) electrons. The van der Waals surface area contributed by atoms with Gasteiger partial charge in [0.15, 0.2) is 0 Å². The molecule has 1 atom stereocenters. The first kappa shape index (κ1) is 14.4. The topological polar surface area (TPSA) is 38.5 Å². The van der Waals surface area contributed by atoms with Crippen molar-refractivity contribution >= 4 is 0 Å². The molecular formula is C15H23FN2O. The van der Waals surface area contributed by atoms with Crippen molar-refractivity contribution in [1.82, 2.24) is 4.90 Å². The number of nitrogens with two attached hydrogens (primary N) is 1. The van der Waals surface area contributed by atoms with E-state index in [0.717, 1.165) is 31.7 Å². The van der Waals surface area contributed by atoms with Crippen molar-refractivity contribution in [3.05, 3.63) is 35.6 Å². The minimum atomic E-state index is -0.197. The Labute approximate surface area is 114 Å². The lowest BCUT2D eigenvalue weighted by atomic mass is 9.98. The van der Waals surface area contributed by atoms with Gasteiger partial charge in [0.1, 0.15) is 5.82 Å². The summed E-state index contributed by atoms with van der Waals surface area (Å²) in [6.45, 7) is 7.32. The van der Waals surface area contributed by atoms with E-state index in [1.165, 1.54) is 12.1 Å². The molecule has 0 saturated carbocycles. The van der Waals surface area contributed by atoms with E-state index in [2.05, 4.69) is 18.7 Å². The highest BCUT2D eigenvalue weighted by Crippen LogP contribution is 2.29. The minimum Gasteiger partial charge on any atom is -0.373 e. The second-order valence-corrected chi connectivity index (χ2v) is 5.72. The van der Waals surface area contributed by atoms with Crippen molar-refractivity contribution in [2.75, 3.05) is 26.2 Å². The molecule has 1 aromatic carbocycles. The van der Waals surface area contributed by atoms with E-state index in [4.69, 9.17) is 10.5 Å². The molecule has 0 spiro atoms. The van der Waals surface area contributed by atoms with E-state index in [1.807, 2.05) is 12.1 Å². The van der Waals surface area contributed by atoms with Crippen LogP contribution in [0.3, 0.4) is 0 Å². The van der Waals surface area contributed by atoms with Gasteiger partial charge >= 0.3 is 0 Å². The van der Waals surface area contributed by atoms with Gasteiger partial charge in [-0.05, 0) is 44.5 Å². The molecule has 106 valence electrons. The number of nitrogens with zero attached hydrogens (tertiary/aromatic N) is 1. The number of benzene rings is 1. The third kappa shape index (κ3) is 3.75. The lowest BCUT2D eigenvalue weighted by Crippen LogP contribution is -2.49. The third-order valence-corrected chi connectivity index (χ3v) is 3.59. The summed E-state index contributed by atoms with van der Waals surface area (Å²) >= 11 is 0. The zero-order chi connectivity index (χ0) is 13.9. The van der Waals surface area contributed by atoms with Crippen LogP contribution in [0, 0.1) is 5.82 Å². The molecule has 0 bridgehead atoms. The van der Waals surface area contributed by atoms with E-state index < -0.39 is 0 Å². The van der Waals surface area contributed by atoms with E-state index in [9.17, 15) is 4.39 Å². The van der Waals surface area contributed by atoms with Crippen LogP contribution in [0.5, 0.6) is 0 Å². The first-order valence-electron chi connectivity index (χ1n) is 6.85. The fourth-order valence-corrected chi connectivity index (χ4v) is 2.72. The van der Waals surface area contributed by atoms with Gasteiger partial charge in [-0.15, -0.1) is 0 Å². The van der Waals surface area contributed by atoms with Gasteiger partial charge in [0, 0.05) is 19.1 Å². The van der Waals surface area contributed by atoms with Crippen LogP contribution in [0.15, 0.2) is 24.3 Å². The highest BCUT2D eigenvalue weighted by atomic mass is 19.1. The van der Waals surface area contributed by atoms with Crippen molar-refractivity contribution in [2.24, 2.45) is 5.73 Å². The summed E-state index contributed by atoms with van der Waals surface area (Å²) in [4.78, 5) is 2.39. The van der Waals surface area contributed by atoms with Crippen LogP contribution < -0.4 is 5.73 Å². The molecule has 2 rings (SSSR count). The predicted molar refractivity (Wildman–Crippen MR) is 74.4 cm³/mol. The van der Waals surface area contributed by atoms with Gasteiger partial charge in [0.2, 0.25) is 0 Å². The van der Waals surface area contributed by atoms with Gasteiger partial charge in [0.25, 0.3) is 0 Å². The summed E-state index contributed by atoms with van der Waals surface area (Å²) in [5.74, 6) is -0.197. The lowest BCUT2D eigenvalue weighted by molar-refractivity contribution is -0.0982. The van der Waals surface area contributed by atoms with Crippen LogP contribution in [0.4, 0.5) is 4.39 Å². The molecule has 0 aliphatic carbocycles. The average molecular weight is 266 g/mol. The molecule has 1 saturated heterocycles. The molecule has 3 nitrogen and oxygen atoms in total. The van der Waals surface area contributed by atoms with Gasteiger partial charge in [-0.1, -0.05) is 12.1 Å². The smallest absolute Gasteiger partial charge is 0.123 e. The van der Waals surface area contributed by atoms with Gasteiger partial charge in [-0.3, -0.25) is 4.90 Å². The fraction of sp³-hybridized carbons (Fsp3) is 0.600. The van der Waals surface area contributed by atoms with Crippen LogP contribution in [-0.4, -0.2) is 36.7 Å². The monoisotopic (exact) mass is 266 g/mol. The van der Waals surface area contributed by atoms with Crippen molar-refractivity contribution < 1.29 is 9.13 Å². The molecule has 2 N–H and O–H groups in total. The predicted octanol–water partition coefficient (Wildman–Crippen LogP) is 2.33. The van der Waals surface area contributed by atoms with Crippen LogP contribution in [0.2, 0.25) is 0 Å².